The van der Waals surface area contributed by atoms with Gasteiger partial charge in [-0.3, -0.25) is 0 Å². The molecule has 5 nitrogen and oxygen atoms in total. The average Bonchev–Trinajstić information content (AvgIpc) is 2.71. The van der Waals surface area contributed by atoms with Crippen LogP contribution in [0.15, 0.2) is 24.5 Å². The van der Waals surface area contributed by atoms with Crippen molar-refractivity contribution < 1.29 is 0 Å². The van der Waals surface area contributed by atoms with Gasteiger partial charge >= 0.3 is 0 Å². The maximum Gasteiger partial charge on any atom is 0.152 e. The Balaban J connectivity index is 1.92. The van der Waals surface area contributed by atoms with Crippen molar-refractivity contribution in [1.82, 2.24) is 14.5 Å². The third-order valence-electron chi connectivity index (χ3n) is 2.93. The normalized spacial score (nSPS) is 14.8. The molecule has 1 aliphatic heterocycles. The van der Waals surface area contributed by atoms with Crippen molar-refractivity contribution in [3.05, 3.63) is 35.5 Å². The van der Waals surface area contributed by atoms with Crippen LogP contribution < -0.4 is 10.6 Å². The number of aromatic nitrogens is 3. The molecular formula is C11H12ClN5. The van der Waals surface area contributed by atoms with Gasteiger partial charge in [0.1, 0.15) is 11.0 Å². The van der Waals surface area contributed by atoms with Crippen LogP contribution in [-0.2, 0) is 13.1 Å². The largest absolute Gasteiger partial charge is 0.396 e. The molecule has 0 aliphatic carbocycles. The van der Waals surface area contributed by atoms with Gasteiger partial charge in [-0.15, -0.1) is 0 Å². The van der Waals surface area contributed by atoms with E-state index in [0.717, 1.165) is 24.7 Å². The summed E-state index contributed by atoms with van der Waals surface area (Å²) in [6.45, 7) is 2.34. The summed E-state index contributed by atoms with van der Waals surface area (Å²) in [6.07, 6.45) is 3.43. The molecule has 3 rings (SSSR count). The lowest BCUT2D eigenvalue weighted by molar-refractivity contribution is 0.557. The van der Waals surface area contributed by atoms with E-state index in [1.54, 1.807) is 12.4 Å². The molecule has 0 bridgehead atoms. The Morgan fingerprint density at radius 1 is 1.29 bits per heavy atom. The van der Waals surface area contributed by atoms with Crippen LogP contribution in [0.3, 0.4) is 0 Å². The van der Waals surface area contributed by atoms with Gasteiger partial charge in [-0.25, -0.2) is 9.97 Å². The van der Waals surface area contributed by atoms with Crippen LogP contribution in [0.25, 0.3) is 0 Å². The number of nitrogens with zero attached hydrogens (tertiary/aromatic N) is 4. The maximum absolute atomic E-state index is 6.02. The van der Waals surface area contributed by atoms with Gasteiger partial charge < -0.3 is 15.2 Å². The predicted octanol–water partition coefficient (Wildman–Crippen LogP) is 1.53. The van der Waals surface area contributed by atoms with Gasteiger partial charge in [-0.2, -0.15) is 0 Å². The summed E-state index contributed by atoms with van der Waals surface area (Å²) in [7, 11) is 0. The lowest BCUT2D eigenvalue weighted by Crippen LogP contribution is -2.34. The highest BCUT2D eigenvalue weighted by molar-refractivity contribution is 6.29. The second kappa shape index (κ2) is 3.92. The first-order chi connectivity index (χ1) is 8.25. The molecule has 0 amide bonds. The summed E-state index contributed by atoms with van der Waals surface area (Å²) in [5.74, 6) is 1.77. The fraction of sp³-hybridized carbons (Fsp3) is 0.273. The predicted molar refractivity (Wildman–Crippen MR) is 66.9 cm³/mol. The van der Waals surface area contributed by atoms with Crippen molar-refractivity contribution in [2.24, 2.45) is 0 Å². The van der Waals surface area contributed by atoms with Crippen LogP contribution in [0.4, 0.5) is 11.5 Å². The number of nitrogen functional groups attached to an aromatic ring is 1. The van der Waals surface area contributed by atoms with Gasteiger partial charge in [0.05, 0.1) is 18.4 Å². The van der Waals surface area contributed by atoms with Gasteiger partial charge in [0.2, 0.25) is 0 Å². The smallest absolute Gasteiger partial charge is 0.152 e. The molecule has 0 fully saturated rings. The minimum atomic E-state index is 0.688. The van der Waals surface area contributed by atoms with Gasteiger partial charge in [0.25, 0.3) is 0 Å². The molecule has 2 aromatic heterocycles. The molecular weight excluding hydrogens is 238 g/mol. The molecule has 0 atom stereocenters. The van der Waals surface area contributed by atoms with Crippen LogP contribution in [0.2, 0.25) is 5.15 Å². The molecule has 6 heteroatoms. The molecule has 0 unspecified atom stereocenters. The van der Waals surface area contributed by atoms with E-state index in [9.17, 15) is 0 Å². The fourth-order valence-electron chi connectivity index (χ4n) is 2.08. The zero-order chi connectivity index (χ0) is 11.8. The monoisotopic (exact) mass is 249 g/mol. The zero-order valence-electron chi connectivity index (χ0n) is 9.17. The van der Waals surface area contributed by atoms with E-state index in [4.69, 9.17) is 17.3 Å². The quantitative estimate of drug-likeness (QED) is 0.833. The number of nitrogens with two attached hydrogens (primary N) is 1. The second-order valence-electron chi connectivity index (χ2n) is 3.99. The van der Waals surface area contributed by atoms with Crippen LogP contribution >= 0.6 is 11.6 Å². The van der Waals surface area contributed by atoms with Gasteiger partial charge in [0.15, 0.2) is 5.82 Å². The number of fused-ring (bicyclic) bond motifs is 1. The van der Waals surface area contributed by atoms with Crippen LogP contribution in [0.5, 0.6) is 0 Å². The minimum Gasteiger partial charge on any atom is -0.396 e. The Morgan fingerprint density at radius 2 is 2.18 bits per heavy atom. The Morgan fingerprint density at radius 3 is 3.00 bits per heavy atom. The SMILES string of the molecule is Nc1cccnc1N1CCn2c(Cl)cnc2C1. The molecule has 0 radical (unpaired) electrons. The average molecular weight is 250 g/mol. The Kier molecular flexibility index (Phi) is 2.40. The number of hydrogen-bond acceptors (Lipinski definition) is 4. The lowest BCUT2D eigenvalue weighted by atomic mass is 10.3. The maximum atomic E-state index is 6.02. The molecule has 0 saturated heterocycles. The Hall–Kier alpha value is -1.75. The number of anilines is 2. The number of pyridine rings is 1. The summed E-state index contributed by atoms with van der Waals surface area (Å²) in [5.41, 5.74) is 6.61. The van der Waals surface area contributed by atoms with E-state index in [2.05, 4.69) is 14.9 Å². The summed E-state index contributed by atoms with van der Waals surface area (Å²) in [5, 5.41) is 0.689. The molecule has 88 valence electrons. The molecule has 1 aliphatic rings. The minimum absolute atomic E-state index is 0.688. The van der Waals surface area contributed by atoms with Gasteiger partial charge in [0, 0.05) is 19.3 Å². The van der Waals surface area contributed by atoms with Crippen LogP contribution in [0, 0.1) is 0 Å². The summed E-state index contributed by atoms with van der Waals surface area (Å²) < 4.78 is 2.01. The van der Waals surface area contributed by atoms with E-state index >= 15 is 0 Å². The molecule has 0 aromatic carbocycles. The standard InChI is InChI=1S/C11H12ClN5/c12-9-6-15-10-7-16(4-5-17(9)10)11-8(13)2-1-3-14-11/h1-3,6H,4-5,7,13H2. The number of imidazole rings is 1. The first kappa shape index (κ1) is 10.4. The molecule has 2 aromatic rings. The Bertz CT molecular complexity index is 551. The van der Waals surface area contributed by atoms with E-state index < -0.39 is 0 Å². The highest BCUT2D eigenvalue weighted by Gasteiger charge is 2.21. The Labute approximate surface area is 104 Å². The molecule has 0 spiro atoms. The molecule has 17 heavy (non-hydrogen) atoms. The van der Waals surface area contributed by atoms with Gasteiger partial charge in [-0.1, -0.05) is 11.6 Å². The third-order valence-corrected chi connectivity index (χ3v) is 3.23. The van der Waals surface area contributed by atoms with E-state index in [1.807, 2.05) is 16.7 Å². The molecule has 0 saturated carbocycles. The zero-order valence-corrected chi connectivity index (χ0v) is 9.93. The third kappa shape index (κ3) is 1.72. The van der Waals surface area contributed by atoms with Gasteiger partial charge in [-0.05, 0) is 12.1 Å². The van der Waals surface area contributed by atoms with Crippen LogP contribution in [0.1, 0.15) is 5.82 Å². The number of hydrogen-bond donors (Lipinski definition) is 1. The topological polar surface area (TPSA) is 60.0 Å². The highest BCUT2D eigenvalue weighted by Crippen LogP contribution is 2.25. The van der Waals surface area contributed by atoms with Crippen molar-refractivity contribution in [1.29, 1.82) is 0 Å². The number of halogens is 1. The molecule has 2 N–H and O–H groups in total. The van der Waals surface area contributed by atoms with Crippen LogP contribution in [-0.4, -0.2) is 21.1 Å². The summed E-state index contributed by atoms with van der Waals surface area (Å²) in [4.78, 5) is 10.7. The summed E-state index contributed by atoms with van der Waals surface area (Å²) in [6, 6.07) is 3.69. The van der Waals surface area contributed by atoms with E-state index in [1.165, 1.54) is 0 Å². The van der Waals surface area contributed by atoms with E-state index in [0.29, 0.717) is 17.4 Å². The summed E-state index contributed by atoms with van der Waals surface area (Å²) >= 11 is 6.02. The fourth-order valence-corrected chi connectivity index (χ4v) is 2.31. The second-order valence-corrected chi connectivity index (χ2v) is 4.37. The van der Waals surface area contributed by atoms with Crippen molar-refractivity contribution in [3.63, 3.8) is 0 Å². The number of rotatable bonds is 1. The first-order valence-corrected chi connectivity index (χ1v) is 5.79. The van der Waals surface area contributed by atoms with Crippen molar-refractivity contribution >= 4 is 23.1 Å². The van der Waals surface area contributed by atoms with Crippen molar-refractivity contribution in [2.45, 2.75) is 13.1 Å². The van der Waals surface area contributed by atoms with Crippen molar-refractivity contribution in [2.75, 3.05) is 17.2 Å². The van der Waals surface area contributed by atoms with E-state index in [-0.39, 0.29) is 0 Å². The lowest BCUT2D eigenvalue weighted by Gasteiger charge is -2.29. The highest BCUT2D eigenvalue weighted by atomic mass is 35.5. The molecule has 3 heterocycles. The van der Waals surface area contributed by atoms with Crippen molar-refractivity contribution in [3.8, 4) is 0 Å². The first-order valence-electron chi connectivity index (χ1n) is 5.41.